The van der Waals surface area contributed by atoms with Crippen LogP contribution in [0.1, 0.15) is 33.4 Å². The summed E-state index contributed by atoms with van der Waals surface area (Å²) >= 11 is 0. The van der Waals surface area contributed by atoms with Crippen LogP contribution in [0.5, 0.6) is 0 Å². The van der Waals surface area contributed by atoms with Crippen LogP contribution in [0.4, 0.5) is 26.3 Å². The molecule has 16 aromatic carbocycles. The smallest absolute Gasteiger partial charge is 0.309 e. The molecule has 0 aliphatic carbocycles. The van der Waals surface area contributed by atoms with Crippen molar-refractivity contribution in [2.24, 2.45) is 0 Å². The van der Waals surface area contributed by atoms with Crippen LogP contribution in [-0.2, 0) is 12.4 Å². The zero-order valence-corrected chi connectivity index (χ0v) is 73.9. The van der Waals surface area contributed by atoms with Gasteiger partial charge in [0.25, 0.3) is 0 Å². The fourth-order valence-corrected chi connectivity index (χ4v) is 20.5. The Kier molecular flexibility index (Phi) is 20.1. The minimum absolute atomic E-state index is 0.00764. The van der Waals surface area contributed by atoms with E-state index in [1.807, 2.05) is 370 Å². The molecular weight excluding hydrogens is 1750 g/mol. The Morgan fingerprint density at radius 2 is 0.521 bits per heavy atom. The molecule has 0 fully saturated rings. The predicted molar refractivity (Wildman–Crippen MR) is 544 cm³/mol. The number of nitriles is 4. The van der Waals surface area contributed by atoms with E-state index in [0.29, 0.717) is 122 Å². The minimum atomic E-state index is -5.02. The van der Waals surface area contributed by atoms with Gasteiger partial charge < -0.3 is 18.3 Å². The Hall–Kier alpha value is -19.1. The van der Waals surface area contributed by atoms with Crippen molar-refractivity contribution >= 4 is 87.2 Å². The van der Waals surface area contributed by atoms with Gasteiger partial charge in [0, 0.05) is 115 Å². The Morgan fingerprint density at radius 3 is 0.964 bits per heavy atom. The normalized spacial score (nSPS) is 11.8. The van der Waals surface area contributed by atoms with Crippen molar-refractivity contribution in [3.8, 4) is 170 Å². The van der Waals surface area contributed by atoms with Crippen molar-refractivity contribution in [3.05, 3.63) is 446 Å². The van der Waals surface area contributed by atoms with Crippen molar-refractivity contribution in [1.82, 2.24) is 38.2 Å². The van der Waals surface area contributed by atoms with Crippen molar-refractivity contribution in [1.29, 1.82) is 21.0 Å². The molecule has 12 nitrogen and oxygen atoms in total. The van der Waals surface area contributed by atoms with E-state index in [2.05, 4.69) is 24.3 Å². The highest BCUT2D eigenvalue weighted by molar-refractivity contribution is 6.19. The molecular formula is C122H68F6N12. The number of alkyl halides is 6. The summed E-state index contributed by atoms with van der Waals surface area (Å²) in [5.74, 6) is 0. The average molecular weight is 1820 g/mol. The molecule has 0 aliphatic rings. The van der Waals surface area contributed by atoms with Crippen molar-refractivity contribution in [2.75, 3.05) is 0 Å². The second kappa shape index (κ2) is 33.5. The quantitative estimate of drug-likeness (QED) is 0.0915. The van der Waals surface area contributed by atoms with Gasteiger partial charge in [0.15, 0.2) is 0 Å². The number of para-hydroxylation sites is 3. The Bertz CT molecular complexity index is 9470. The summed E-state index contributed by atoms with van der Waals surface area (Å²) in [4.78, 5) is 21.3. The van der Waals surface area contributed by atoms with Gasteiger partial charge in [0.2, 0.25) is 0 Å². The second-order valence-corrected chi connectivity index (χ2v) is 34.5. The highest BCUT2D eigenvalue weighted by Crippen LogP contribution is 2.52. The third kappa shape index (κ3) is 14.0. The van der Waals surface area contributed by atoms with E-state index < -0.39 is 34.6 Å². The van der Waals surface area contributed by atoms with Crippen LogP contribution >= 0.6 is 0 Å². The SMILES string of the molecule is N#Cc1cc(-n2c3ccccc3c3ccc(-c4nc(-c5ccccc5)ccc4-c4cccc5c4c4cc(-c6cccc(-c7ccccc7)n6)ccc4n5-c4cc(-c5c(C#N)cccc5C(F)(F)F)c(-n5c6ccccc6c6cc(-c7cccc(-c8ccccc8)n7)ccc65)cc4C#N)cc32)c(-c2c(C#N)cccc2C(F)(F)F)cc1-n1c2ccccc2c2ccc(-c3cccc(-c4ccccc4)n3)cc21. The van der Waals surface area contributed by atoms with E-state index in [1.165, 1.54) is 24.3 Å². The lowest BCUT2D eigenvalue weighted by atomic mass is 9.91. The number of hydrogen-bond acceptors (Lipinski definition) is 8. The van der Waals surface area contributed by atoms with Crippen LogP contribution in [0.25, 0.3) is 233 Å². The van der Waals surface area contributed by atoms with Crippen LogP contribution in [0.3, 0.4) is 0 Å². The van der Waals surface area contributed by atoms with Crippen molar-refractivity contribution in [2.45, 2.75) is 12.4 Å². The van der Waals surface area contributed by atoms with Crippen LogP contribution in [0.15, 0.2) is 413 Å². The average Bonchev–Trinajstić information content (AvgIpc) is 1.55. The number of rotatable bonds is 15. The van der Waals surface area contributed by atoms with E-state index in [1.54, 1.807) is 24.3 Å². The molecule has 0 saturated carbocycles. The van der Waals surface area contributed by atoms with E-state index in [4.69, 9.17) is 19.9 Å². The topological polar surface area (TPSA) is 166 Å². The summed E-state index contributed by atoms with van der Waals surface area (Å²) in [5, 5.41) is 52.6. The highest BCUT2D eigenvalue weighted by Gasteiger charge is 2.39. The fraction of sp³-hybridized carbons (Fsp3) is 0.0164. The number of aromatic nitrogens is 8. The van der Waals surface area contributed by atoms with Crippen LogP contribution in [-0.4, -0.2) is 38.2 Å². The molecule has 0 unspecified atom stereocenters. The molecule has 0 spiro atoms. The summed E-state index contributed by atoms with van der Waals surface area (Å²) < 4.78 is 106. The molecule has 8 heterocycles. The zero-order chi connectivity index (χ0) is 94.8. The molecule has 8 aromatic heterocycles. The number of halogens is 6. The maximum Gasteiger partial charge on any atom is 0.417 e. The van der Waals surface area contributed by atoms with Gasteiger partial charge in [-0.25, -0.2) is 19.9 Å². The molecule has 0 saturated heterocycles. The standard InChI is InChI=1S/C122H68F6N12/c123-121(124,125)96-39-19-33-81(69-129)117(96)94-67-111(83(71-131)65-115(94)137-107-49-18-15-37-87(107)92-61-77(53-59-108(92)137)101-44-22-41-98(133-101)73-25-5-1-6-26-73)138-109-60-54-78(102-45-23-42-99(134-102)74-27-7-2-8-28-74)62-93(109)119-90(38-21-50-110(119)138)91-57-58-104(76-31-11-4-12-32-76)136-120(91)80-52-56-89-86-36-14-17-48-106(86)140(114(89)64-80)116-66-84(72-132)112(68-95(116)118-82(70-130)34-20-40-97(118)122(126,127)128)139-105-47-16-13-35-85(105)88-55-51-79(63-113(88)139)103-46-24-43-100(135-103)75-29-9-3-10-30-75/h1-68H. The molecule has 18 heteroatoms. The molecule has 0 aliphatic heterocycles. The summed E-state index contributed by atoms with van der Waals surface area (Å²) in [6.07, 6.45) is -10.0. The molecule has 24 aromatic rings. The molecule has 24 rings (SSSR count). The lowest BCUT2D eigenvalue weighted by Gasteiger charge is -2.22. The first-order valence-electron chi connectivity index (χ1n) is 45.3. The maximum atomic E-state index is 16.5. The van der Waals surface area contributed by atoms with Crippen molar-refractivity contribution < 1.29 is 26.3 Å². The molecule has 0 bridgehead atoms. The van der Waals surface area contributed by atoms with E-state index >= 15 is 26.3 Å². The predicted octanol–water partition coefficient (Wildman–Crippen LogP) is 31.5. The first-order valence-corrected chi connectivity index (χ1v) is 45.3. The summed E-state index contributed by atoms with van der Waals surface area (Å²) in [6.45, 7) is 0. The molecule has 0 atom stereocenters. The zero-order valence-electron chi connectivity index (χ0n) is 73.9. The van der Waals surface area contributed by atoms with Gasteiger partial charge in [0.05, 0.1) is 158 Å². The monoisotopic (exact) mass is 1810 g/mol. The van der Waals surface area contributed by atoms with Gasteiger partial charge in [-0.3, -0.25) is 0 Å². The van der Waals surface area contributed by atoms with Crippen LogP contribution in [0, 0.1) is 45.3 Å². The maximum absolute atomic E-state index is 16.5. The first-order chi connectivity index (χ1) is 68.5. The molecule has 140 heavy (non-hydrogen) atoms. The number of benzene rings is 16. The Morgan fingerprint density at radius 1 is 0.200 bits per heavy atom. The largest absolute Gasteiger partial charge is 0.417 e. The van der Waals surface area contributed by atoms with Crippen molar-refractivity contribution in [3.63, 3.8) is 0 Å². The third-order valence-corrected chi connectivity index (χ3v) is 26.6. The number of hydrogen-bond donors (Lipinski definition) is 0. The van der Waals surface area contributed by atoms with E-state index in [9.17, 15) is 21.0 Å². The van der Waals surface area contributed by atoms with Gasteiger partial charge >= 0.3 is 12.4 Å². The molecule has 0 N–H and O–H groups in total. The third-order valence-electron chi connectivity index (χ3n) is 26.6. The highest BCUT2D eigenvalue weighted by atomic mass is 19.4. The van der Waals surface area contributed by atoms with E-state index in [0.717, 1.165) is 78.4 Å². The lowest BCUT2D eigenvalue weighted by molar-refractivity contribution is -0.137. The Balaban J connectivity index is 0.754. The molecule has 0 amide bonds. The number of nitrogens with zero attached hydrogens (tertiary/aromatic N) is 12. The summed E-state index contributed by atoms with van der Waals surface area (Å²) in [6, 6.07) is 136. The van der Waals surface area contributed by atoms with Gasteiger partial charge in [-0.15, -0.1) is 0 Å². The minimum Gasteiger partial charge on any atom is -0.309 e. The number of pyridine rings is 4. The Labute approximate surface area is 796 Å². The lowest BCUT2D eigenvalue weighted by Crippen LogP contribution is -2.11. The van der Waals surface area contributed by atoms with Gasteiger partial charge in [-0.05, 0) is 163 Å². The van der Waals surface area contributed by atoms with Crippen LogP contribution in [0.2, 0.25) is 0 Å². The first kappa shape index (κ1) is 83.9. The van der Waals surface area contributed by atoms with Gasteiger partial charge in [-0.1, -0.05) is 255 Å². The molecule has 0 radical (unpaired) electrons. The van der Waals surface area contributed by atoms with Gasteiger partial charge in [0.1, 0.15) is 12.1 Å². The molecule has 658 valence electrons. The number of fused-ring (bicyclic) bond motifs is 12. The summed E-state index contributed by atoms with van der Waals surface area (Å²) in [5.41, 5.74) is 14.5. The summed E-state index contributed by atoms with van der Waals surface area (Å²) in [7, 11) is 0. The second-order valence-electron chi connectivity index (χ2n) is 34.5. The van der Waals surface area contributed by atoms with Crippen LogP contribution < -0.4 is 0 Å². The van der Waals surface area contributed by atoms with Gasteiger partial charge in [-0.2, -0.15) is 47.4 Å². The van der Waals surface area contributed by atoms with E-state index in [-0.39, 0.29) is 56.1 Å². The fourth-order valence-electron chi connectivity index (χ4n) is 20.5.